The van der Waals surface area contributed by atoms with E-state index >= 15 is 0 Å². The minimum Gasteiger partial charge on any atom is -0.475 e. The molecular weight excluding hydrogens is 176 g/mol. The van der Waals surface area contributed by atoms with Gasteiger partial charge in [-0.2, -0.15) is 0 Å². The van der Waals surface area contributed by atoms with Crippen LogP contribution in [0.1, 0.15) is 0 Å². The Morgan fingerprint density at radius 2 is 2.75 bits per heavy atom. The van der Waals surface area contributed by atoms with Gasteiger partial charge in [0.05, 0.1) is 6.54 Å². The van der Waals surface area contributed by atoms with Crippen molar-refractivity contribution in [1.82, 2.24) is 10.3 Å². The summed E-state index contributed by atoms with van der Waals surface area (Å²) in [7, 11) is 0. The molecule has 0 amide bonds. The van der Waals surface area contributed by atoms with Crippen LogP contribution in [0.5, 0.6) is 5.19 Å². The number of nitrogens with one attached hydrogen (secondary N) is 1. The van der Waals surface area contributed by atoms with E-state index in [0.29, 0.717) is 17.7 Å². The molecule has 1 aromatic rings. The highest BCUT2D eigenvalue weighted by Gasteiger charge is 2.05. The second-order valence-electron chi connectivity index (χ2n) is 2.17. The van der Waals surface area contributed by atoms with E-state index in [-0.39, 0.29) is 0 Å². The Labute approximate surface area is 73.8 Å². The summed E-state index contributed by atoms with van der Waals surface area (Å²) in [5.41, 5.74) is 0. The summed E-state index contributed by atoms with van der Waals surface area (Å²) < 4.78 is 10.3. The third-order valence-electron chi connectivity index (χ3n) is 1.34. The maximum Gasteiger partial charge on any atom is 0.278 e. The van der Waals surface area contributed by atoms with E-state index in [4.69, 9.17) is 9.47 Å². The van der Waals surface area contributed by atoms with E-state index in [1.807, 2.05) is 5.38 Å². The minimum absolute atomic E-state index is 0.625. The van der Waals surface area contributed by atoms with Crippen LogP contribution in [0.3, 0.4) is 0 Å². The van der Waals surface area contributed by atoms with Gasteiger partial charge in [-0.3, -0.25) is 0 Å². The largest absolute Gasteiger partial charge is 0.475 e. The molecule has 0 saturated carbocycles. The first kappa shape index (κ1) is 7.42. The van der Waals surface area contributed by atoms with Crippen molar-refractivity contribution in [1.29, 1.82) is 0 Å². The van der Waals surface area contributed by atoms with Gasteiger partial charge in [0.25, 0.3) is 5.19 Å². The first-order valence-electron chi connectivity index (χ1n) is 3.58. The van der Waals surface area contributed by atoms with E-state index < -0.39 is 0 Å². The summed E-state index contributed by atoms with van der Waals surface area (Å²) in [6, 6.07) is 0. The lowest BCUT2D eigenvalue weighted by atomic mass is 10.7. The van der Waals surface area contributed by atoms with Crippen molar-refractivity contribution in [3.63, 3.8) is 0 Å². The van der Waals surface area contributed by atoms with E-state index in [1.165, 1.54) is 17.6 Å². The Kier molecular flexibility index (Phi) is 2.13. The van der Waals surface area contributed by atoms with Crippen molar-refractivity contribution < 1.29 is 9.47 Å². The zero-order chi connectivity index (χ0) is 8.23. The fraction of sp³-hybridized carbons (Fsp3) is 0.286. The lowest BCUT2D eigenvalue weighted by Crippen LogP contribution is -2.05. The summed E-state index contributed by atoms with van der Waals surface area (Å²) in [4.78, 5) is 3.95. The Bertz CT molecular complexity index is 263. The molecule has 1 aliphatic rings. The van der Waals surface area contributed by atoms with Gasteiger partial charge < -0.3 is 14.8 Å². The van der Waals surface area contributed by atoms with Crippen LogP contribution in [0.4, 0.5) is 0 Å². The molecule has 2 rings (SSSR count). The van der Waals surface area contributed by atoms with Crippen molar-refractivity contribution in [2.24, 2.45) is 0 Å². The number of nitrogens with zero attached hydrogens (tertiary/aromatic N) is 1. The van der Waals surface area contributed by atoms with Crippen LogP contribution < -0.4 is 10.1 Å². The van der Waals surface area contributed by atoms with Gasteiger partial charge in [-0.15, -0.1) is 0 Å². The third-order valence-corrected chi connectivity index (χ3v) is 2.00. The number of ether oxygens (including phenoxy) is 2. The third kappa shape index (κ3) is 1.68. The molecule has 0 radical (unpaired) electrons. The van der Waals surface area contributed by atoms with Crippen LogP contribution in [-0.4, -0.2) is 18.1 Å². The first-order chi connectivity index (χ1) is 5.95. The lowest BCUT2D eigenvalue weighted by Gasteiger charge is -1.97. The minimum atomic E-state index is 0.625. The quantitative estimate of drug-likeness (QED) is 0.695. The van der Waals surface area contributed by atoms with Crippen molar-refractivity contribution in [3.8, 4) is 5.19 Å². The van der Waals surface area contributed by atoms with Gasteiger partial charge in [0.2, 0.25) is 5.88 Å². The van der Waals surface area contributed by atoms with Crippen molar-refractivity contribution >= 4 is 11.3 Å². The highest BCUT2D eigenvalue weighted by Crippen LogP contribution is 2.14. The molecule has 1 saturated heterocycles. The monoisotopic (exact) mass is 184 g/mol. The van der Waals surface area contributed by atoms with E-state index in [2.05, 4.69) is 10.3 Å². The van der Waals surface area contributed by atoms with E-state index in [9.17, 15) is 0 Å². The molecular formula is C7H8N2O2S. The molecule has 0 unspecified atom stereocenters. The summed E-state index contributed by atoms with van der Waals surface area (Å²) >= 11 is 1.45. The predicted molar refractivity (Wildman–Crippen MR) is 44.8 cm³/mol. The predicted octanol–water partition coefficient (Wildman–Crippen LogP) is 0.941. The van der Waals surface area contributed by atoms with Gasteiger partial charge in [0, 0.05) is 11.6 Å². The maximum atomic E-state index is 5.19. The first-order valence-corrected chi connectivity index (χ1v) is 4.46. The van der Waals surface area contributed by atoms with Gasteiger partial charge in [0.15, 0.2) is 6.26 Å². The van der Waals surface area contributed by atoms with Crippen molar-refractivity contribution in [2.45, 2.75) is 0 Å². The number of rotatable bonds is 2. The van der Waals surface area contributed by atoms with Crippen LogP contribution in [0.25, 0.3) is 0 Å². The molecule has 0 spiro atoms. The highest BCUT2D eigenvalue weighted by molar-refractivity contribution is 7.11. The Morgan fingerprint density at radius 1 is 1.75 bits per heavy atom. The molecule has 1 N–H and O–H groups in total. The molecule has 1 aromatic heterocycles. The van der Waals surface area contributed by atoms with Crippen LogP contribution >= 0.6 is 11.3 Å². The number of aromatic nitrogens is 1. The van der Waals surface area contributed by atoms with Gasteiger partial charge in [0.1, 0.15) is 6.61 Å². The second kappa shape index (κ2) is 3.44. The summed E-state index contributed by atoms with van der Waals surface area (Å²) in [6.07, 6.45) is 3.23. The second-order valence-corrected chi connectivity index (χ2v) is 3.03. The number of hydrogen-bond acceptors (Lipinski definition) is 5. The molecule has 1 fully saturated rings. The summed E-state index contributed by atoms with van der Waals surface area (Å²) in [5.74, 6) is 0.671. The number of hydrogen-bond donors (Lipinski definition) is 1. The van der Waals surface area contributed by atoms with Gasteiger partial charge in [-0.05, 0) is 0 Å². The molecule has 4 nitrogen and oxygen atoms in total. The molecule has 0 aromatic carbocycles. The SMILES string of the molecule is C(Oc1nccs1)=C1NCCO1. The molecule has 0 bridgehead atoms. The van der Waals surface area contributed by atoms with Crippen molar-refractivity contribution in [2.75, 3.05) is 13.2 Å². The van der Waals surface area contributed by atoms with E-state index in [0.717, 1.165) is 6.54 Å². The average molecular weight is 184 g/mol. The van der Waals surface area contributed by atoms with Gasteiger partial charge in [-0.1, -0.05) is 11.3 Å². The summed E-state index contributed by atoms with van der Waals surface area (Å²) in [6.45, 7) is 1.54. The van der Waals surface area contributed by atoms with Crippen molar-refractivity contribution in [3.05, 3.63) is 23.7 Å². The average Bonchev–Trinajstić information content (AvgIpc) is 2.74. The van der Waals surface area contributed by atoms with Gasteiger partial charge in [-0.25, -0.2) is 4.98 Å². The Balaban J connectivity index is 1.92. The lowest BCUT2D eigenvalue weighted by molar-refractivity contribution is 0.251. The van der Waals surface area contributed by atoms with Crippen LogP contribution in [-0.2, 0) is 4.74 Å². The molecule has 64 valence electrons. The molecule has 2 heterocycles. The van der Waals surface area contributed by atoms with Crippen LogP contribution in [0, 0.1) is 0 Å². The molecule has 5 heteroatoms. The number of thiazole rings is 1. The maximum absolute atomic E-state index is 5.19. The molecule has 12 heavy (non-hydrogen) atoms. The van der Waals surface area contributed by atoms with E-state index in [1.54, 1.807) is 6.20 Å². The molecule has 0 atom stereocenters. The van der Waals surface area contributed by atoms with Crippen LogP contribution in [0.15, 0.2) is 23.7 Å². The van der Waals surface area contributed by atoms with Gasteiger partial charge >= 0.3 is 0 Å². The topological polar surface area (TPSA) is 43.4 Å². The summed E-state index contributed by atoms with van der Waals surface area (Å²) in [5, 5.41) is 5.49. The van der Waals surface area contributed by atoms with Crippen LogP contribution in [0.2, 0.25) is 0 Å². The Morgan fingerprint density at radius 3 is 3.42 bits per heavy atom. The fourth-order valence-corrected chi connectivity index (χ4v) is 1.30. The molecule has 1 aliphatic heterocycles. The smallest absolute Gasteiger partial charge is 0.278 e. The molecule has 0 aliphatic carbocycles. The fourth-order valence-electron chi connectivity index (χ4n) is 0.834. The standard InChI is InChI=1S/C7H8N2O2S/c1-3-10-6(8-1)5-11-7-9-2-4-12-7/h2,4-5,8H,1,3H2. The normalized spacial score (nSPS) is 18.8. The highest BCUT2D eigenvalue weighted by atomic mass is 32.1. The Hall–Kier alpha value is -1.23. The zero-order valence-corrected chi connectivity index (χ0v) is 7.13. The zero-order valence-electron chi connectivity index (χ0n) is 6.32.